The summed E-state index contributed by atoms with van der Waals surface area (Å²) < 4.78 is 5.88. The van der Waals surface area contributed by atoms with Crippen LogP contribution >= 0.6 is 23.1 Å². The van der Waals surface area contributed by atoms with E-state index in [1.807, 2.05) is 82.2 Å². The summed E-state index contributed by atoms with van der Waals surface area (Å²) in [6.45, 7) is 13.9. The number of primary amides is 1. The number of carbonyl (C=O) groups is 11. The molecular weight excluding hydrogens is 1240 g/mol. The number of carbonyl (C=O) groups excluding carboxylic acids is 10. The topological polar surface area (TPSA) is 350 Å². The lowest BCUT2D eigenvalue weighted by Crippen LogP contribution is -2.58. The minimum atomic E-state index is -1.13. The van der Waals surface area contributed by atoms with Crippen molar-refractivity contribution in [2.24, 2.45) is 29.4 Å². The summed E-state index contributed by atoms with van der Waals surface area (Å²) in [5, 5.41) is 30.6. The Balaban J connectivity index is 1.21. The zero-order valence-corrected chi connectivity index (χ0v) is 57.5. The second kappa shape index (κ2) is 38.5. The molecule has 0 spiro atoms. The predicted molar refractivity (Wildman–Crippen MR) is 362 cm³/mol. The number of unbranched alkanes of at least 4 members (excludes halogenated alkanes) is 2. The maximum Gasteiger partial charge on any atom is 0.407 e. The van der Waals surface area contributed by atoms with Crippen LogP contribution in [0.15, 0.2) is 77.1 Å². The Labute approximate surface area is 560 Å². The van der Waals surface area contributed by atoms with Gasteiger partial charge in [-0.1, -0.05) is 110 Å². The number of piperidine rings is 1. The van der Waals surface area contributed by atoms with Gasteiger partial charge in [0.05, 0.1) is 17.2 Å². The second-order valence-electron chi connectivity index (χ2n) is 25.1. The molecule has 2 aliphatic heterocycles. The maximum absolute atomic E-state index is 14.5. The van der Waals surface area contributed by atoms with Crippen molar-refractivity contribution in [1.29, 1.82) is 0 Å². The van der Waals surface area contributed by atoms with E-state index in [0.29, 0.717) is 43.4 Å². The van der Waals surface area contributed by atoms with Crippen molar-refractivity contribution in [1.82, 2.24) is 51.6 Å². The first kappa shape index (κ1) is 76.8. The first-order valence-corrected chi connectivity index (χ1v) is 34.4. The summed E-state index contributed by atoms with van der Waals surface area (Å²) in [4.78, 5) is 156. The number of likely N-dealkylation sites (N-methyl/N-ethyl adjacent to an activating group) is 2. The number of thiazole rings is 1. The minimum absolute atomic E-state index is 0.0138. The van der Waals surface area contributed by atoms with Crippen molar-refractivity contribution in [2.75, 3.05) is 46.1 Å². The van der Waals surface area contributed by atoms with Gasteiger partial charge >= 0.3 is 18.1 Å². The Morgan fingerprint density at radius 2 is 1.56 bits per heavy atom. The SMILES string of the molecule is CC[C@H](C)[C@H](NC(=O)[C@H]1CCCCN1C)C(=O)N(C)[C@H](C[C@@H](OC(=O)NC)c1nc(C(=O)N[C@@H](Cc2ccc(NC(=O)[C@H](CCCNC(N)=O)NC(=O)[C@@H](NC(=O)CCCCCN3C(=O)CC(SC4=C/C=C\C=C/C=C4)C3=O)C(C)C)cc2)C[C@H](C)C(=O)O)cs1)C(C)C. The number of rotatable bonds is 36. The van der Waals surface area contributed by atoms with Crippen molar-refractivity contribution < 1.29 is 62.6 Å². The van der Waals surface area contributed by atoms with Gasteiger partial charge < -0.3 is 57.7 Å². The van der Waals surface area contributed by atoms with E-state index in [1.54, 1.807) is 50.1 Å². The number of aromatic nitrogens is 1. The maximum atomic E-state index is 14.5. The molecule has 2 aromatic rings. The van der Waals surface area contributed by atoms with Gasteiger partial charge in [0, 0.05) is 74.5 Å². The van der Waals surface area contributed by atoms with Crippen LogP contribution in [-0.4, -0.2) is 172 Å². The van der Waals surface area contributed by atoms with Gasteiger partial charge in [-0.2, -0.15) is 0 Å². The number of hydrogen-bond donors (Lipinski definition) is 9. The van der Waals surface area contributed by atoms with Crippen molar-refractivity contribution in [2.45, 2.75) is 186 Å². The molecule has 1 unspecified atom stereocenters. The summed E-state index contributed by atoms with van der Waals surface area (Å²) in [5.74, 6) is -5.88. The van der Waals surface area contributed by atoms with Crippen molar-refractivity contribution in [3.63, 3.8) is 0 Å². The largest absolute Gasteiger partial charge is 0.481 e. The number of allylic oxidation sites excluding steroid dienone is 7. The Kier molecular flexibility index (Phi) is 31.4. The van der Waals surface area contributed by atoms with E-state index in [9.17, 15) is 57.8 Å². The third kappa shape index (κ3) is 24.1. The number of nitrogens with one attached hydrogen (secondary N) is 7. The standard InChI is InChI=1S/C67H98N12O13S2/c1-11-42(6)57(76-60(84)50-26-19-21-33-77(50)9)64(87)78(10)51(40(2)3)37-52(92-67(91)69-8)62-74-49(39-93-62)59(83)72-46(35-43(7)65(88)89)36-44-28-30-45(31-29-44)71-58(82)48(25-22-32-70-66(68)90)73-61(85)56(41(4)5)75-54(80)27-18-15-20-34-79-55(81)38-53(63(79)86)94-47-23-16-13-12-14-17-24-47/h12-14,16-17,23-24,28-31,39-43,46,48,50-53,56-57H,11,15,18-22,25-27,32-38H2,1-10H3,(H,69,91)(H,71,82)(H,72,83)(H,73,85)(H,75,80)(H,76,84)(H,88,89)(H3,68,70,90)/b13-12-,14-12?,16-13?,17-14-,23-16?,24-17?,47-23?,47-24?/t42-,43-,46+,48-,50+,51+,52+,53?,56-,57-/m0/s1. The molecule has 10 atom stereocenters. The van der Waals surface area contributed by atoms with Crippen LogP contribution < -0.4 is 43.0 Å². The third-order valence-electron chi connectivity index (χ3n) is 17.1. The molecule has 0 radical (unpaired) electrons. The van der Waals surface area contributed by atoms with E-state index in [1.165, 1.54) is 36.0 Å². The number of hydrogen-bond acceptors (Lipinski definition) is 16. The molecule has 2 fully saturated rings. The molecule has 10 N–H and O–H groups in total. The highest BCUT2D eigenvalue weighted by Gasteiger charge is 2.40. The fraction of sp³-hybridized carbons (Fsp3) is 0.582. The van der Waals surface area contributed by atoms with Crippen LogP contribution in [0.25, 0.3) is 0 Å². The molecule has 0 bridgehead atoms. The van der Waals surface area contributed by atoms with Crippen LogP contribution in [0.1, 0.15) is 159 Å². The van der Waals surface area contributed by atoms with Crippen LogP contribution in [0.5, 0.6) is 0 Å². The molecule has 11 amide bonds. The molecule has 25 nitrogen and oxygen atoms in total. The number of amides is 11. The number of imide groups is 1. The van der Waals surface area contributed by atoms with Gasteiger partial charge in [-0.3, -0.25) is 53.0 Å². The normalized spacial score (nSPS) is 18.9. The van der Waals surface area contributed by atoms with Gasteiger partial charge in [0.2, 0.25) is 41.4 Å². The summed E-state index contributed by atoms with van der Waals surface area (Å²) in [6, 6.07) is 1.29. The molecule has 516 valence electrons. The highest BCUT2D eigenvalue weighted by Crippen LogP contribution is 2.34. The zero-order chi connectivity index (χ0) is 69.2. The monoisotopic (exact) mass is 1340 g/mol. The van der Waals surface area contributed by atoms with Gasteiger partial charge in [-0.25, -0.2) is 14.6 Å². The molecular formula is C67H98N12O13S2. The number of nitrogens with two attached hydrogens (primary N) is 1. The average molecular weight is 1340 g/mol. The molecule has 27 heteroatoms. The van der Waals surface area contributed by atoms with E-state index < -0.39 is 95.1 Å². The molecule has 3 heterocycles. The van der Waals surface area contributed by atoms with Gasteiger partial charge in [0.1, 0.15) is 28.8 Å². The van der Waals surface area contributed by atoms with E-state index in [0.717, 1.165) is 35.6 Å². The second-order valence-corrected chi connectivity index (χ2v) is 27.3. The molecule has 2 saturated heterocycles. The number of carboxylic acids is 1. The third-order valence-corrected chi connectivity index (χ3v) is 19.2. The fourth-order valence-corrected chi connectivity index (χ4v) is 13.2. The lowest BCUT2D eigenvalue weighted by atomic mass is 9.92. The van der Waals surface area contributed by atoms with Crippen LogP contribution in [0, 0.1) is 23.7 Å². The molecule has 1 aromatic heterocycles. The van der Waals surface area contributed by atoms with Gasteiger partial charge in [0.15, 0.2) is 6.10 Å². The van der Waals surface area contributed by atoms with Crippen LogP contribution in [0.2, 0.25) is 0 Å². The minimum Gasteiger partial charge on any atom is -0.481 e. The average Bonchev–Trinajstić information content (AvgIpc) is 1.48. The highest BCUT2D eigenvalue weighted by atomic mass is 32.2. The van der Waals surface area contributed by atoms with Gasteiger partial charge in [0.25, 0.3) is 5.91 Å². The molecule has 94 heavy (non-hydrogen) atoms. The Morgan fingerprint density at radius 3 is 2.22 bits per heavy atom. The van der Waals surface area contributed by atoms with Crippen LogP contribution in [0.3, 0.4) is 0 Å². The van der Waals surface area contributed by atoms with Gasteiger partial charge in [-0.05, 0) is 113 Å². The zero-order valence-electron chi connectivity index (χ0n) is 55.9. The number of anilines is 1. The quantitative estimate of drug-likeness (QED) is 0.0248. The van der Waals surface area contributed by atoms with Crippen LogP contribution in [0.4, 0.5) is 15.3 Å². The Hall–Kier alpha value is -7.91. The Bertz CT molecular complexity index is 3080. The number of carboxylic acid groups (broad SMARTS) is 1. The lowest BCUT2D eigenvalue weighted by molar-refractivity contribution is -0.142. The molecule has 1 aromatic carbocycles. The lowest BCUT2D eigenvalue weighted by Gasteiger charge is -2.38. The first-order valence-electron chi connectivity index (χ1n) is 32.6. The molecule has 5 rings (SSSR count). The smallest absolute Gasteiger partial charge is 0.407 e. The highest BCUT2D eigenvalue weighted by molar-refractivity contribution is 8.04. The number of aliphatic carboxylic acids is 1. The van der Waals surface area contributed by atoms with Crippen molar-refractivity contribution >= 4 is 94.1 Å². The number of likely N-dealkylation sites (tertiary alicyclic amines) is 2. The number of thioether (sulfide) groups is 1. The molecule has 0 saturated carbocycles. The first-order chi connectivity index (χ1) is 44.7. The van der Waals surface area contributed by atoms with Crippen molar-refractivity contribution in [3.05, 3.63) is 93.3 Å². The van der Waals surface area contributed by atoms with Gasteiger partial charge in [-0.15, -0.1) is 23.1 Å². The fourth-order valence-electron chi connectivity index (χ4n) is 11.3. The predicted octanol–water partition coefficient (Wildman–Crippen LogP) is 6.88. The van der Waals surface area contributed by atoms with E-state index >= 15 is 0 Å². The number of benzene rings is 1. The summed E-state index contributed by atoms with van der Waals surface area (Å²) in [7, 11) is 4.99. The number of ether oxygens (including phenoxy) is 1. The summed E-state index contributed by atoms with van der Waals surface area (Å²) in [6.07, 6.45) is 16.9. The summed E-state index contributed by atoms with van der Waals surface area (Å²) >= 11 is 2.43. The summed E-state index contributed by atoms with van der Waals surface area (Å²) in [5.41, 5.74) is 6.27. The van der Waals surface area contributed by atoms with E-state index in [4.69, 9.17) is 10.5 Å². The van der Waals surface area contributed by atoms with E-state index in [2.05, 4.69) is 42.2 Å². The molecule has 1 aliphatic carbocycles. The molecule has 3 aliphatic rings. The number of nitrogens with zero attached hydrogens (tertiary/aromatic N) is 4. The number of urea groups is 1. The van der Waals surface area contributed by atoms with E-state index in [-0.39, 0.29) is 110 Å². The van der Waals surface area contributed by atoms with Crippen molar-refractivity contribution in [3.8, 4) is 0 Å². The Morgan fingerprint density at radius 1 is 0.851 bits per heavy atom. The number of alkyl carbamates (subject to hydrolysis) is 1. The van der Waals surface area contributed by atoms with Crippen LogP contribution in [-0.2, 0) is 49.5 Å².